The molecule has 11 rings (SSSR count). The third-order valence-electron chi connectivity index (χ3n) is 11.4. The van der Waals surface area contributed by atoms with Crippen LogP contribution in [0.25, 0.3) is 76.2 Å². The number of aryl methyl sites for hydroxylation is 2. The zero-order chi connectivity index (χ0) is 39.5. The lowest BCUT2D eigenvalue weighted by Crippen LogP contribution is -2.22. The molecule has 0 amide bonds. The molecule has 0 atom stereocenters. The summed E-state index contributed by atoms with van der Waals surface area (Å²) in [6.07, 6.45) is 0. The maximum atomic E-state index is 7.30. The van der Waals surface area contributed by atoms with Crippen molar-refractivity contribution in [1.29, 1.82) is 0 Å². The molecule has 0 aliphatic heterocycles. The van der Waals surface area contributed by atoms with Crippen LogP contribution < -0.4 is 20.4 Å². The van der Waals surface area contributed by atoms with Crippen molar-refractivity contribution >= 4 is 97.1 Å². The summed E-state index contributed by atoms with van der Waals surface area (Å²) in [4.78, 5) is 0. The van der Waals surface area contributed by atoms with Gasteiger partial charge in [0.1, 0.15) is 16.9 Å². The second-order valence-electron chi connectivity index (χ2n) is 15.1. The second-order valence-corrected chi connectivity index (χ2v) is 18.3. The fourth-order valence-corrected chi connectivity index (χ4v) is 12.5. The smallest absolute Gasteiger partial charge is 0.390 e. The molecule has 0 saturated carbocycles. The van der Waals surface area contributed by atoms with E-state index in [1.54, 1.807) is 0 Å². The van der Waals surface area contributed by atoms with Gasteiger partial charge in [0.2, 0.25) is 0 Å². The van der Waals surface area contributed by atoms with Crippen molar-refractivity contribution in [2.75, 3.05) is 0 Å². The van der Waals surface area contributed by atoms with Gasteiger partial charge >= 0.3 is 8.24 Å². The van der Waals surface area contributed by atoms with E-state index in [-0.39, 0.29) is 0 Å². The Morgan fingerprint density at radius 2 is 0.831 bits per heavy atom. The van der Waals surface area contributed by atoms with E-state index >= 15 is 0 Å². The van der Waals surface area contributed by atoms with Crippen LogP contribution in [0.3, 0.4) is 0 Å². The molecule has 0 fully saturated rings. The number of rotatable bonds is 6. The van der Waals surface area contributed by atoms with Gasteiger partial charge in [0.15, 0.2) is 0 Å². The van der Waals surface area contributed by atoms with Crippen molar-refractivity contribution in [1.82, 2.24) is 0 Å². The summed E-state index contributed by atoms with van der Waals surface area (Å²) >= 11 is 0. The number of benzene rings is 10. The molecule has 0 aliphatic rings. The van der Waals surface area contributed by atoms with Gasteiger partial charge in [0, 0.05) is 21.9 Å². The first-order valence-electron chi connectivity index (χ1n) is 19.9. The average molecular weight is 797 g/mol. The van der Waals surface area contributed by atoms with Gasteiger partial charge in [-0.05, 0) is 110 Å². The van der Waals surface area contributed by atoms with Gasteiger partial charge < -0.3 is 12.9 Å². The fourth-order valence-electron chi connectivity index (χ4n) is 8.83. The lowest BCUT2D eigenvalue weighted by Gasteiger charge is -2.25. The lowest BCUT2D eigenvalue weighted by atomic mass is 9.93. The minimum Gasteiger partial charge on any atom is -0.390 e. The predicted molar refractivity (Wildman–Crippen MR) is 252 cm³/mol. The molecule has 0 spiro atoms. The Morgan fingerprint density at radius 3 is 1.36 bits per heavy atom. The summed E-state index contributed by atoms with van der Waals surface area (Å²) in [5.41, 5.74) is 5.82. The summed E-state index contributed by atoms with van der Waals surface area (Å²) in [7, 11) is -2.98. The van der Waals surface area contributed by atoms with Gasteiger partial charge in [-0.3, -0.25) is 0 Å². The molecule has 5 heteroatoms. The highest BCUT2D eigenvalue weighted by Crippen LogP contribution is 2.49. The van der Waals surface area contributed by atoms with Gasteiger partial charge in [0.05, 0.1) is 0 Å². The third-order valence-corrected chi connectivity index (χ3v) is 14.9. The average Bonchev–Trinajstić information content (AvgIpc) is 3.46. The van der Waals surface area contributed by atoms with Crippen LogP contribution in [0.15, 0.2) is 203 Å². The van der Waals surface area contributed by atoms with Crippen LogP contribution in [0.5, 0.6) is 5.75 Å². The van der Waals surface area contributed by atoms with Crippen LogP contribution in [-0.4, -0.2) is 0 Å². The molecule has 0 aliphatic carbocycles. The predicted octanol–water partition coefficient (Wildman–Crippen LogP) is 14.8. The van der Waals surface area contributed by atoms with Gasteiger partial charge in [-0.2, -0.15) is 0 Å². The minimum atomic E-state index is -2.00. The number of hydrogen-bond donors (Lipinski definition) is 0. The minimum absolute atomic E-state index is 0.713. The number of fused-ring (bicyclic) bond motifs is 9. The Labute approximate surface area is 344 Å². The summed E-state index contributed by atoms with van der Waals surface area (Å²) in [6.45, 7) is 4.25. The summed E-state index contributed by atoms with van der Waals surface area (Å²) in [5.74, 6) is 0.713. The molecule has 59 heavy (non-hydrogen) atoms. The Kier molecular flexibility index (Phi) is 8.81. The van der Waals surface area contributed by atoms with E-state index in [2.05, 4.69) is 208 Å². The molecule has 3 nitrogen and oxygen atoms in total. The van der Waals surface area contributed by atoms with Crippen molar-refractivity contribution in [3.05, 3.63) is 205 Å². The van der Waals surface area contributed by atoms with E-state index in [4.69, 9.17) is 12.9 Å². The van der Waals surface area contributed by atoms with Crippen LogP contribution in [0, 0.1) is 13.8 Å². The Bertz CT molecular complexity index is 3310. The second kappa shape index (κ2) is 14.6. The standard InChI is InChI=1S/C54H38O3P2/c1-35-33-39-19-11-15-27-45(39)51-52-46-28-16-12-20-40(46)34-36(2)54(52)57-59(56-53(35)51)55-47-31-29-37-17-9-13-25-43(37)49(47)50-44-26-14-10-18-38(44)30-32-48(50)58(41-21-5-3-6-22-41)42-23-7-4-8-24-42/h3-34H,1-2H3. The molecule has 1 heterocycles. The maximum Gasteiger partial charge on any atom is 0.453 e. The zero-order valence-corrected chi connectivity index (χ0v) is 34.4. The summed E-state index contributed by atoms with van der Waals surface area (Å²) in [5, 5.41) is 15.0. The van der Waals surface area contributed by atoms with Crippen LogP contribution in [0.1, 0.15) is 11.1 Å². The molecule has 282 valence electrons. The molecule has 11 aromatic rings. The van der Waals surface area contributed by atoms with Crippen molar-refractivity contribution in [3.8, 4) is 16.9 Å². The van der Waals surface area contributed by atoms with Gasteiger partial charge in [-0.25, -0.2) is 0 Å². The van der Waals surface area contributed by atoms with Gasteiger partial charge in [-0.1, -0.05) is 176 Å². The van der Waals surface area contributed by atoms with E-state index in [0.717, 1.165) is 76.5 Å². The van der Waals surface area contributed by atoms with Crippen LogP contribution in [0.4, 0.5) is 0 Å². The largest absolute Gasteiger partial charge is 0.453 e. The lowest BCUT2D eigenvalue weighted by molar-refractivity contribution is 0.499. The molecule has 1 aromatic heterocycles. The summed E-state index contributed by atoms with van der Waals surface area (Å²) in [6, 6.07) is 69.6. The molecule has 10 aromatic carbocycles. The van der Waals surface area contributed by atoms with Gasteiger partial charge in [0.25, 0.3) is 0 Å². The first-order valence-corrected chi connectivity index (χ1v) is 22.4. The van der Waals surface area contributed by atoms with Crippen LogP contribution in [-0.2, 0) is 0 Å². The molecule has 0 saturated heterocycles. The van der Waals surface area contributed by atoms with E-state index in [1.165, 1.54) is 26.7 Å². The van der Waals surface area contributed by atoms with Gasteiger partial charge in [-0.15, -0.1) is 0 Å². The Balaban J connectivity index is 1.24. The molecular weight excluding hydrogens is 759 g/mol. The van der Waals surface area contributed by atoms with Crippen molar-refractivity contribution in [3.63, 3.8) is 0 Å². The van der Waals surface area contributed by atoms with Crippen LogP contribution >= 0.6 is 16.2 Å². The highest BCUT2D eigenvalue weighted by atomic mass is 31.1. The molecule has 0 radical (unpaired) electrons. The monoisotopic (exact) mass is 796 g/mol. The zero-order valence-electron chi connectivity index (χ0n) is 32.6. The molecular formula is C54H38O3P2. The van der Waals surface area contributed by atoms with E-state index in [0.29, 0.717) is 5.75 Å². The third kappa shape index (κ3) is 6.09. The maximum absolute atomic E-state index is 7.30. The van der Waals surface area contributed by atoms with E-state index < -0.39 is 16.2 Å². The fraction of sp³-hybridized carbons (Fsp3) is 0.0370. The SMILES string of the molecule is Cc1cc2ccccc2c2c1op(Oc1ccc3ccccc3c1-c1c(P(c3ccccc3)c3ccccc3)ccc3ccccc13)oc1c(C)cc3ccccc3c12. The normalized spacial score (nSPS) is 11.7. The Hall–Kier alpha value is -6.63. The van der Waals surface area contributed by atoms with E-state index in [1.807, 2.05) is 0 Å². The van der Waals surface area contributed by atoms with Crippen molar-refractivity contribution in [2.45, 2.75) is 13.8 Å². The van der Waals surface area contributed by atoms with Crippen molar-refractivity contribution < 1.29 is 12.9 Å². The summed E-state index contributed by atoms with van der Waals surface area (Å²) < 4.78 is 21.5. The highest BCUT2D eigenvalue weighted by Gasteiger charge is 2.26. The number of hydrogen-bond acceptors (Lipinski definition) is 3. The Morgan fingerprint density at radius 1 is 0.407 bits per heavy atom. The topological polar surface area (TPSA) is 35.5 Å². The first-order chi connectivity index (χ1) is 29.1. The first kappa shape index (κ1) is 35.5. The van der Waals surface area contributed by atoms with E-state index in [9.17, 15) is 0 Å². The molecule has 0 unspecified atom stereocenters. The molecule has 0 N–H and O–H groups in total. The van der Waals surface area contributed by atoms with Crippen molar-refractivity contribution in [2.24, 2.45) is 0 Å². The molecule has 0 bridgehead atoms. The van der Waals surface area contributed by atoms with Crippen LogP contribution in [0.2, 0.25) is 0 Å². The highest BCUT2D eigenvalue weighted by molar-refractivity contribution is 7.80. The quantitative estimate of drug-likeness (QED) is 0.157.